The van der Waals surface area contributed by atoms with Crippen LogP contribution in [0.4, 0.5) is 10.5 Å². The number of pyridine rings is 1. The minimum atomic E-state index is -0.190. The first-order valence-corrected chi connectivity index (χ1v) is 8.92. The third-order valence-electron chi connectivity index (χ3n) is 4.66. The minimum Gasteiger partial charge on any atom is -0.335 e. The second-order valence-corrected chi connectivity index (χ2v) is 6.51. The van der Waals surface area contributed by atoms with Gasteiger partial charge in [-0.05, 0) is 61.2 Å². The molecule has 1 saturated heterocycles. The number of carbonyl (C=O) groups excluding carboxylic acids is 1. The first kappa shape index (κ1) is 17.9. The number of benzene rings is 1. The molecule has 1 aromatic carbocycles. The molecule has 2 heterocycles. The van der Waals surface area contributed by atoms with Gasteiger partial charge in [0, 0.05) is 43.8 Å². The van der Waals surface area contributed by atoms with E-state index in [1.165, 1.54) is 5.56 Å². The Morgan fingerprint density at radius 1 is 1.15 bits per heavy atom. The Labute approximate surface area is 153 Å². The summed E-state index contributed by atoms with van der Waals surface area (Å²) in [5.41, 5.74) is 2.58. The van der Waals surface area contributed by atoms with Crippen LogP contribution >= 0.6 is 0 Å². The van der Waals surface area contributed by atoms with Crippen molar-refractivity contribution in [2.45, 2.75) is 25.3 Å². The number of anilines is 1. The van der Waals surface area contributed by atoms with Crippen molar-refractivity contribution < 1.29 is 4.79 Å². The van der Waals surface area contributed by atoms with Crippen molar-refractivity contribution in [3.05, 3.63) is 59.9 Å². The molecular weight excluding hydrogens is 326 g/mol. The number of piperidine rings is 1. The molecule has 1 fully saturated rings. The van der Waals surface area contributed by atoms with Gasteiger partial charge in [0.2, 0.25) is 0 Å². The summed E-state index contributed by atoms with van der Waals surface area (Å²) in [5.74, 6) is 0. The maximum absolute atomic E-state index is 12.1. The molecule has 0 radical (unpaired) electrons. The summed E-state index contributed by atoms with van der Waals surface area (Å²) in [6.45, 7) is 3.02. The molecule has 0 saturated carbocycles. The first-order valence-electron chi connectivity index (χ1n) is 8.92. The second-order valence-electron chi connectivity index (χ2n) is 6.51. The highest BCUT2D eigenvalue weighted by Gasteiger charge is 2.20. The molecule has 0 spiro atoms. The Balaban J connectivity index is 1.37. The van der Waals surface area contributed by atoms with E-state index in [1.807, 2.05) is 12.4 Å². The molecule has 2 amide bonds. The summed E-state index contributed by atoms with van der Waals surface area (Å²) in [5, 5.41) is 14.7. The topological polar surface area (TPSA) is 81.0 Å². The van der Waals surface area contributed by atoms with Crippen LogP contribution in [0.15, 0.2) is 48.8 Å². The van der Waals surface area contributed by atoms with Gasteiger partial charge in [0.15, 0.2) is 0 Å². The first-order chi connectivity index (χ1) is 12.7. The normalized spacial score (nSPS) is 15.2. The van der Waals surface area contributed by atoms with E-state index < -0.39 is 0 Å². The SMILES string of the molecule is N#Cc1ccc(NC(=O)NC2CCN(CCc3ccncc3)CC2)cc1. The summed E-state index contributed by atoms with van der Waals surface area (Å²) < 4.78 is 0. The Morgan fingerprint density at radius 2 is 1.85 bits per heavy atom. The zero-order valence-corrected chi connectivity index (χ0v) is 14.7. The smallest absolute Gasteiger partial charge is 0.319 e. The van der Waals surface area contributed by atoms with Gasteiger partial charge in [0.1, 0.15) is 0 Å². The van der Waals surface area contributed by atoms with Crippen molar-refractivity contribution >= 4 is 11.7 Å². The summed E-state index contributed by atoms with van der Waals surface area (Å²) >= 11 is 0. The number of rotatable bonds is 5. The predicted molar refractivity (Wildman–Crippen MR) is 101 cm³/mol. The van der Waals surface area contributed by atoms with E-state index in [9.17, 15) is 4.79 Å². The van der Waals surface area contributed by atoms with E-state index in [1.54, 1.807) is 24.3 Å². The van der Waals surface area contributed by atoms with E-state index in [0.717, 1.165) is 38.9 Å². The van der Waals surface area contributed by atoms with Crippen molar-refractivity contribution in [3.63, 3.8) is 0 Å². The second kappa shape index (κ2) is 8.97. The van der Waals surface area contributed by atoms with Gasteiger partial charge < -0.3 is 15.5 Å². The molecule has 1 aliphatic heterocycles. The number of likely N-dealkylation sites (tertiary alicyclic amines) is 1. The summed E-state index contributed by atoms with van der Waals surface area (Å²) in [6.07, 6.45) is 6.60. The highest BCUT2D eigenvalue weighted by molar-refractivity contribution is 5.89. The van der Waals surface area contributed by atoms with Gasteiger partial charge >= 0.3 is 6.03 Å². The molecule has 0 aliphatic carbocycles. The van der Waals surface area contributed by atoms with Gasteiger partial charge in [-0.15, -0.1) is 0 Å². The fraction of sp³-hybridized carbons (Fsp3) is 0.350. The Kier molecular flexibility index (Phi) is 6.18. The van der Waals surface area contributed by atoms with E-state index in [0.29, 0.717) is 11.3 Å². The van der Waals surface area contributed by atoms with Crippen molar-refractivity contribution in [1.82, 2.24) is 15.2 Å². The Hall–Kier alpha value is -2.91. The average molecular weight is 349 g/mol. The molecule has 26 heavy (non-hydrogen) atoms. The number of carbonyl (C=O) groups is 1. The van der Waals surface area contributed by atoms with Crippen molar-refractivity contribution in [2.24, 2.45) is 0 Å². The quantitative estimate of drug-likeness (QED) is 0.870. The zero-order valence-electron chi connectivity index (χ0n) is 14.7. The minimum absolute atomic E-state index is 0.190. The number of urea groups is 1. The van der Waals surface area contributed by atoms with Gasteiger partial charge in [-0.2, -0.15) is 5.26 Å². The van der Waals surface area contributed by atoms with E-state index in [4.69, 9.17) is 5.26 Å². The van der Waals surface area contributed by atoms with E-state index in [-0.39, 0.29) is 12.1 Å². The molecular formula is C20H23N5O. The highest BCUT2D eigenvalue weighted by atomic mass is 16.2. The van der Waals surface area contributed by atoms with E-state index in [2.05, 4.69) is 38.7 Å². The standard InChI is InChI=1S/C20H23N5O/c21-15-17-1-3-18(4-2-17)23-20(26)24-19-8-13-25(14-9-19)12-7-16-5-10-22-11-6-16/h1-6,10-11,19H,7-9,12-14H2,(H2,23,24,26). The van der Waals surface area contributed by atoms with Crippen LogP contribution in [0.3, 0.4) is 0 Å². The summed E-state index contributed by atoms with van der Waals surface area (Å²) in [7, 11) is 0. The van der Waals surface area contributed by atoms with Crippen LogP contribution in [0.2, 0.25) is 0 Å². The monoisotopic (exact) mass is 349 g/mol. The van der Waals surface area contributed by atoms with Crippen LogP contribution < -0.4 is 10.6 Å². The lowest BCUT2D eigenvalue weighted by molar-refractivity contribution is 0.197. The van der Waals surface area contributed by atoms with Crippen LogP contribution in [-0.2, 0) is 6.42 Å². The van der Waals surface area contributed by atoms with E-state index >= 15 is 0 Å². The molecule has 1 aromatic heterocycles. The molecule has 6 heteroatoms. The van der Waals surface area contributed by atoms with Crippen LogP contribution in [0.5, 0.6) is 0 Å². The number of hydrogen-bond donors (Lipinski definition) is 2. The maximum Gasteiger partial charge on any atom is 0.319 e. The number of nitriles is 1. The van der Waals surface area contributed by atoms with Gasteiger partial charge in [0.25, 0.3) is 0 Å². The molecule has 0 atom stereocenters. The fourth-order valence-electron chi connectivity index (χ4n) is 3.12. The molecule has 2 N–H and O–H groups in total. The number of amides is 2. The lowest BCUT2D eigenvalue weighted by Gasteiger charge is -2.32. The molecule has 134 valence electrons. The van der Waals surface area contributed by atoms with Crippen molar-refractivity contribution in [2.75, 3.05) is 25.0 Å². The molecule has 0 bridgehead atoms. The summed E-state index contributed by atoms with van der Waals surface area (Å²) in [4.78, 5) is 18.6. The zero-order chi connectivity index (χ0) is 18.2. The van der Waals surface area contributed by atoms with Crippen LogP contribution in [-0.4, -0.2) is 41.6 Å². The predicted octanol–water partition coefficient (Wildman–Crippen LogP) is 2.78. The molecule has 3 rings (SSSR count). The van der Waals surface area contributed by atoms with Crippen LogP contribution in [0.1, 0.15) is 24.0 Å². The summed E-state index contributed by atoms with van der Waals surface area (Å²) in [6, 6.07) is 13.0. The Bertz CT molecular complexity index is 746. The number of nitrogens with one attached hydrogen (secondary N) is 2. The lowest BCUT2D eigenvalue weighted by atomic mass is 10.0. The third kappa shape index (κ3) is 5.30. The van der Waals surface area contributed by atoms with Gasteiger partial charge in [-0.3, -0.25) is 4.98 Å². The molecule has 6 nitrogen and oxygen atoms in total. The molecule has 0 unspecified atom stereocenters. The third-order valence-corrected chi connectivity index (χ3v) is 4.66. The van der Waals surface area contributed by atoms with Crippen molar-refractivity contribution in [1.29, 1.82) is 5.26 Å². The Morgan fingerprint density at radius 3 is 2.50 bits per heavy atom. The molecule has 2 aromatic rings. The van der Waals surface area contributed by atoms with Gasteiger partial charge in [0.05, 0.1) is 11.6 Å². The van der Waals surface area contributed by atoms with Crippen LogP contribution in [0, 0.1) is 11.3 Å². The number of nitrogens with zero attached hydrogens (tertiary/aromatic N) is 3. The lowest BCUT2D eigenvalue weighted by Crippen LogP contribution is -2.46. The van der Waals surface area contributed by atoms with Gasteiger partial charge in [-0.25, -0.2) is 4.79 Å². The molecule has 1 aliphatic rings. The van der Waals surface area contributed by atoms with Crippen molar-refractivity contribution in [3.8, 4) is 6.07 Å². The number of hydrogen-bond acceptors (Lipinski definition) is 4. The fourth-order valence-corrected chi connectivity index (χ4v) is 3.12. The highest BCUT2D eigenvalue weighted by Crippen LogP contribution is 2.13. The van der Waals surface area contributed by atoms with Crippen LogP contribution in [0.25, 0.3) is 0 Å². The number of aromatic nitrogens is 1. The average Bonchev–Trinajstić information content (AvgIpc) is 2.69. The largest absolute Gasteiger partial charge is 0.335 e. The van der Waals surface area contributed by atoms with Gasteiger partial charge in [-0.1, -0.05) is 0 Å². The maximum atomic E-state index is 12.1.